The van der Waals surface area contributed by atoms with Gasteiger partial charge in [-0.3, -0.25) is 15.5 Å². The fourth-order valence-electron chi connectivity index (χ4n) is 2.16. The standard InChI is InChI=1S/C13H19N5O3S/c14-13(15)18-12(19)9-4-5-10-11(8-9)22(20,21)17-7-3-1-2-6-16-10/h4-5,8,16-17H,1-3,6-7H2,(H4,14,15,18,19). The van der Waals surface area contributed by atoms with Gasteiger partial charge in [-0.2, -0.15) is 0 Å². The van der Waals surface area contributed by atoms with Gasteiger partial charge in [0.15, 0.2) is 5.96 Å². The molecular weight excluding hydrogens is 306 g/mol. The van der Waals surface area contributed by atoms with E-state index in [4.69, 9.17) is 11.1 Å². The van der Waals surface area contributed by atoms with E-state index in [1.807, 2.05) is 0 Å². The van der Waals surface area contributed by atoms with Crippen molar-refractivity contribution in [1.82, 2.24) is 10.0 Å². The Kier molecular flexibility index (Phi) is 4.99. The molecule has 2 rings (SSSR count). The van der Waals surface area contributed by atoms with Gasteiger partial charge in [-0.15, -0.1) is 0 Å². The number of hydrogen-bond donors (Lipinski definition) is 5. The highest BCUT2D eigenvalue weighted by molar-refractivity contribution is 7.89. The first-order valence-corrected chi connectivity index (χ1v) is 8.41. The van der Waals surface area contributed by atoms with Crippen LogP contribution in [0, 0.1) is 5.41 Å². The molecule has 1 aromatic rings. The molecule has 8 nitrogen and oxygen atoms in total. The Bertz CT molecular complexity index is 687. The van der Waals surface area contributed by atoms with Crippen molar-refractivity contribution in [3.63, 3.8) is 0 Å². The van der Waals surface area contributed by atoms with E-state index in [-0.39, 0.29) is 10.5 Å². The number of rotatable bonds is 1. The summed E-state index contributed by atoms with van der Waals surface area (Å²) < 4.78 is 27.2. The zero-order valence-corrected chi connectivity index (χ0v) is 12.8. The van der Waals surface area contributed by atoms with Crippen molar-refractivity contribution >= 4 is 27.6 Å². The van der Waals surface area contributed by atoms with Crippen molar-refractivity contribution in [3.05, 3.63) is 23.8 Å². The number of carbonyl (C=O) groups is 1. The molecule has 1 aliphatic rings. The van der Waals surface area contributed by atoms with Gasteiger partial charge in [-0.05, 0) is 31.0 Å². The van der Waals surface area contributed by atoms with Crippen LogP contribution in [0.5, 0.6) is 0 Å². The maximum absolute atomic E-state index is 12.4. The van der Waals surface area contributed by atoms with E-state index in [2.05, 4.69) is 15.4 Å². The lowest BCUT2D eigenvalue weighted by atomic mass is 10.2. The topological polar surface area (TPSA) is 137 Å². The number of sulfonamides is 1. The molecule has 0 unspecified atom stereocenters. The third kappa shape index (κ3) is 3.95. The molecule has 1 amide bonds. The zero-order chi connectivity index (χ0) is 16.2. The van der Waals surface area contributed by atoms with Crippen molar-refractivity contribution in [2.24, 2.45) is 5.73 Å². The third-order valence-corrected chi connectivity index (χ3v) is 4.74. The molecule has 0 bridgehead atoms. The van der Waals surface area contributed by atoms with Gasteiger partial charge in [0, 0.05) is 18.7 Å². The number of amides is 1. The van der Waals surface area contributed by atoms with Crippen LogP contribution in [-0.4, -0.2) is 33.4 Å². The molecule has 0 aliphatic carbocycles. The molecule has 22 heavy (non-hydrogen) atoms. The van der Waals surface area contributed by atoms with E-state index >= 15 is 0 Å². The summed E-state index contributed by atoms with van der Waals surface area (Å²) in [6.45, 7) is 1.03. The summed E-state index contributed by atoms with van der Waals surface area (Å²) in [6.07, 6.45) is 2.64. The van der Waals surface area contributed by atoms with Gasteiger partial charge >= 0.3 is 0 Å². The van der Waals surface area contributed by atoms with Crippen molar-refractivity contribution in [3.8, 4) is 0 Å². The highest BCUT2D eigenvalue weighted by Gasteiger charge is 2.21. The average Bonchev–Trinajstić information content (AvgIpc) is 2.45. The Hall–Kier alpha value is -2.13. The summed E-state index contributed by atoms with van der Waals surface area (Å²) in [4.78, 5) is 11.9. The van der Waals surface area contributed by atoms with Gasteiger partial charge < -0.3 is 11.1 Å². The minimum absolute atomic E-state index is 0.0191. The predicted octanol–water partition coefficient (Wildman–Crippen LogP) is 0.184. The molecule has 1 aromatic carbocycles. The number of nitrogens with one attached hydrogen (secondary N) is 4. The Morgan fingerprint density at radius 2 is 1.95 bits per heavy atom. The van der Waals surface area contributed by atoms with E-state index < -0.39 is 21.9 Å². The van der Waals surface area contributed by atoms with Crippen molar-refractivity contribution in [2.45, 2.75) is 24.2 Å². The van der Waals surface area contributed by atoms with Crippen molar-refractivity contribution in [2.75, 3.05) is 18.4 Å². The number of guanidine groups is 1. The Morgan fingerprint density at radius 1 is 1.23 bits per heavy atom. The molecule has 0 atom stereocenters. The number of benzene rings is 1. The van der Waals surface area contributed by atoms with Crippen molar-refractivity contribution < 1.29 is 13.2 Å². The highest BCUT2D eigenvalue weighted by atomic mass is 32.2. The first-order chi connectivity index (χ1) is 10.4. The molecule has 0 saturated heterocycles. The number of hydrogen-bond acceptors (Lipinski definition) is 5. The molecule has 0 saturated carbocycles. The fourth-order valence-corrected chi connectivity index (χ4v) is 3.44. The maximum atomic E-state index is 12.4. The van der Waals surface area contributed by atoms with Crippen LogP contribution in [0.3, 0.4) is 0 Å². The molecule has 0 radical (unpaired) electrons. The Balaban J connectivity index is 2.41. The zero-order valence-electron chi connectivity index (χ0n) is 12.0. The van der Waals surface area contributed by atoms with Gasteiger partial charge in [0.05, 0.1) is 5.69 Å². The fraction of sp³-hybridized carbons (Fsp3) is 0.385. The van der Waals surface area contributed by atoms with Gasteiger partial charge in [-0.25, -0.2) is 13.1 Å². The summed E-state index contributed by atoms with van der Waals surface area (Å²) in [7, 11) is -3.70. The first-order valence-electron chi connectivity index (χ1n) is 6.93. The molecular formula is C13H19N5O3S. The van der Waals surface area contributed by atoms with E-state index in [1.54, 1.807) is 6.07 Å². The van der Waals surface area contributed by atoms with E-state index in [0.29, 0.717) is 18.8 Å². The van der Waals surface area contributed by atoms with Crippen LogP contribution in [0.4, 0.5) is 5.69 Å². The van der Waals surface area contributed by atoms with Crippen LogP contribution in [0.2, 0.25) is 0 Å². The molecule has 9 heteroatoms. The minimum atomic E-state index is -3.70. The summed E-state index contributed by atoms with van der Waals surface area (Å²) in [5.41, 5.74) is 5.69. The lowest BCUT2D eigenvalue weighted by molar-refractivity contribution is 0.0976. The van der Waals surface area contributed by atoms with Crippen LogP contribution in [0.1, 0.15) is 29.6 Å². The quantitative estimate of drug-likeness (QED) is 0.370. The first kappa shape index (κ1) is 16.2. The second-order valence-corrected chi connectivity index (χ2v) is 6.70. The lowest BCUT2D eigenvalue weighted by Gasteiger charge is -2.16. The van der Waals surface area contributed by atoms with Crippen LogP contribution in [0.15, 0.2) is 23.1 Å². The van der Waals surface area contributed by atoms with Gasteiger partial charge in [0.25, 0.3) is 5.91 Å². The largest absolute Gasteiger partial charge is 0.384 e. The molecule has 6 N–H and O–H groups in total. The van der Waals surface area contributed by atoms with E-state index in [0.717, 1.165) is 19.3 Å². The molecule has 120 valence electrons. The lowest BCUT2D eigenvalue weighted by Crippen LogP contribution is -2.36. The summed E-state index contributed by atoms with van der Waals surface area (Å²) in [5, 5.41) is 12.3. The summed E-state index contributed by atoms with van der Waals surface area (Å²) in [5.74, 6) is -1.12. The predicted molar refractivity (Wildman–Crippen MR) is 83.4 cm³/mol. The average molecular weight is 325 g/mol. The van der Waals surface area contributed by atoms with E-state index in [1.165, 1.54) is 12.1 Å². The van der Waals surface area contributed by atoms with Gasteiger partial charge in [0.2, 0.25) is 10.0 Å². The SMILES string of the molecule is N=C(N)NC(=O)c1ccc2c(c1)S(=O)(=O)NCCCCCN2. The second-order valence-electron chi connectivity index (χ2n) is 4.96. The highest BCUT2D eigenvalue weighted by Crippen LogP contribution is 2.23. The van der Waals surface area contributed by atoms with E-state index in [9.17, 15) is 13.2 Å². The third-order valence-electron chi connectivity index (χ3n) is 3.24. The number of nitrogens with two attached hydrogens (primary N) is 1. The monoisotopic (exact) mass is 325 g/mol. The second kappa shape index (κ2) is 6.75. The Morgan fingerprint density at radius 3 is 2.68 bits per heavy atom. The summed E-state index contributed by atoms with van der Waals surface area (Å²) in [6, 6.07) is 4.32. The van der Waals surface area contributed by atoms with Crippen LogP contribution < -0.4 is 21.1 Å². The van der Waals surface area contributed by atoms with Gasteiger partial charge in [-0.1, -0.05) is 6.42 Å². The normalized spacial score (nSPS) is 17.6. The van der Waals surface area contributed by atoms with Crippen LogP contribution >= 0.6 is 0 Å². The molecule has 1 aliphatic heterocycles. The van der Waals surface area contributed by atoms with Crippen LogP contribution in [-0.2, 0) is 10.0 Å². The molecule has 0 spiro atoms. The number of carbonyl (C=O) groups excluding carboxylic acids is 1. The number of fused-ring (bicyclic) bond motifs is 1. The molecule has 0 aromatic heterocycles. The van der Waals surface area contributed by atoms with Gasteiger partial charge in [0.1, 0.15) is 4.90 Å². The minimum Gasteiger partial charge on any atom is -0.384 e. The van der Waals surface area contributed by atoms with Crippen LogP contribution in [0.25, 0.3) is 0 Å². The maximum Gasteiger partial charge on any atom is 0.257 e. The smallest absolute Gasteiger partial charge is 0.257 e. The Labute approximate surface area is 129 Å². The van der Waals surface area contributed by atoms with Crippen molar-refractivity contribution in [1.29, 1.82) is 5.41 Å². The molecule has 1 heterocycles. The summed E-state index contributed by atoms with van der Waals surface area (Å²) >= 11 is 0. The number of anilines is 1. The molecule has 0 fully saturated rings.